The van der Waals surface area contributed by atoms with Gasteiger partial charge in [-0.3, -0.25) is 0 Å². The Bertz CT molecular complexity index is 33.4. The lowest BCUT2D eigenvalue weighted by Gasteiger charge is -1.52. The van der Waals surface area contributed by atoms with Crippen molar-refractivity contribution in [3.63, 3.8) is 0 Å². The number of terminal acetylenes is 1. The fraction of sp³-hybridized carbons (Fsp3) is 0.500. The first-order chi connectivity index (χ1) is 1.91. The van der Waals surface area contributed by atoms with Crippen molar-refractivity contribution in [1.82, 2.24) is 0 Å². The van der Waals surface area contributed by atoms with E-state index in [1.807, 2.05) is 6.92 Å². The Morgan fingerprint density at radius 3 is 2.00 bits per heavy atom. The van der Waals surface area contributed by atoms with Crippen molar-refractivity contribution < 1.29 is 0 Å². The second-order valence-corrected chi connectivity index (χ2v) is 0.558. The van der Waals surface area contributed by atoms with E-state index >= 15 is 0 Å². The lowest BCUT2D eigenvalue weighted by Crippen LogP contribution is -1.38. The molecule has 0 nitrogen and oxygen atoms in total. The van der Waals surface area contributed by atoms with Gasteiger partial charge in [-0.1, -0.05) is 6.92 Å². The molecule has 0 fully saturated rings. The average molecular weight is 90.6 g/mol. The number of hydrogen-bond acceptors (Lipinski definition) is 0. The zero-order valence-corrected chi connectivity index (χ0v) is 4.01. The van der Waals surface area contributed by atoms with Gasteiger partial charge < -0.3 is 0 Å². The van der Waals surface area contributed by atoms with Crippen molar-refractivity contribution in [1.29, 1.82) is 0 Å². The molecule has 0 saturated heterocycles. The third kappa shape index (κ3) is 18.2. The molecule has 5 heavy (non-hydrogen) atoms. The first-order valence-electron chi connectivity index (χ1n) is 1.35. The molecule has 0 N–H and O–H groups in total. The highest BCUT2D eigenvalue weighted by Crippen LogP contribution is 1.58. The van der Waals surface area contributed by atoms with E-state index in [0.717, 1.165) is 6.42 Å². The van der Waals surface area contributed by atoms with Crippen molar-refractivity contribution in [2.75, 3.05) is 0 Å². The molecular weight excluding hydrogens is 83.5 g/mol. The van der Waals surface area contributed by atoms with Crippen molar-refractivity contribution in [2.45, 2.75) is 13.3 Å². The summed E-state index contributed by atoms with van der Waals surface area (Å²) in [5.41, 5.74) is 0. The second-order valence-electron chi connectivity index (χ2n) is 0.558. The lowest BCUT2D eigenvalue weighted by molar-refractivity contribution is 1.28. The summed E-state index contributed by atoms with van der Waals surface area (Å²) in [5.74, 6) is 2.43. The predicted molar refractivity (Wildman–Crippen MR) is 26.4 cm³/mol. The minimum Gasteiger partial charge on any atom is -0.147 e. The second kappa shape index (κ2) is 9.14. The summed E-state index contributed by atoms with van der Waals surface area (Å²) in [6.45, 7) is 1.94. The van der Waals surface area contributed by atoms with Gasteiger partial charge in [0.15, 0.2) is 0 Å². The van der Waals surface area contributed by atoms with E-state index in [2.05, 4.69) is 5.92 Å². The standard InChI is InChI=1S/C4H6.ClH/c1-3-4-2;/h1H,4H2,2H3;1H. The molecule has 30 valence electrons. The van der Waals surface area contributed by atoms with Gasteiger partial charge >= 0.3 is 0 Å². The molecule has 0 rings (SSSR count). The smallest absolute Gasteiger partial charge is 0.00576 e. The summed E-state index contributed by atoms with van der Waals surface area (Å²) in [7, 11) is 0. The van der Waals surface area contributed by atoms with E-state index in [1.165, 1.54) is 0 Å². The van der Waals surface area contributed by atoms with Gasteiger partial charge in [0, 0.05) is 6.42 Å². The van der Waals surface area contributed by atoms with Crippen LogP contribution in [-0.2, 0) is 0 Å². The van der Waals surface area contributed by atoms with Crippen molar-refractivity contribution >= 4 is 12.4 Å². The Labute approximate surface area is 39.0 Å². The maximum atomic E-state index is 4.78. The van der Waals surface area contributed by atoms with Gasteiger partial charge in [0.05, 0.1) is 0 Å². The van der Waals surface area contributed by atoms with Crippen molar-refractivity contribution in [3.8, 4) is 12.3 Å². The van der Waals surface area contributed by atoms with Gasteiger partial charge in [0.1, 0.15) is 0 Å². The minimum absolute atomic E-state index is 0. The van der Waals surface area contributed by atoms with Gasteiger partial charge in [0.2, 0.25) is 0 Å². The molecule has 0 atom stereocenters. The van der Waals surface area contributed by atoms with Crippen LogP contribution in [0.1, 0.15) is 13.3 Å². The summed E-state index contributed by atoms with van der Waals surface area (Å²) in [4.78, 5) is 0. The van der Waals surface area contributed by atoms with E-state index in [9.17, 15) is 0 Å². The largest absolute Gasteiger partial charge is 0.147 e. The zero-order valence-electron chi connectivity index (χ0n) is 3.19. The molecule has 0 bridgehead atoms. The fourth-order valence-electron chi connectivity index (χ4n) is 0. The molecule has 0 aliphatic heterocycles. The van der Waals surface area contributed by atoms with Crippen LogP contribution in [0.3, 0.4) is 0 Å². The molecule has 0 aromatic heterocycles. The third-order valence-corrected chi connectivity index (χ3v) is 0.204. The number of rotatable bonds is 0. The van der Waals surface area contributed by atoms with Crippen LogP contribution in [-0.4, -0.2) is 0 Å². The molecule has 0 heterocycles. The van der Waals surface area contributed by atoms with Gasteiger partial charge in [-0.05, 0) is 0 Å². The Balaban J connectivity index is 0. The Morgan fingerprint density at radius 2 is 2.00 bits per heavy atom. The first-order valence-corrected chi connectivity index (χ1v) is 1.35. The fourth-order valence-corrected chi connectivity index (χ4v) is 0. The van der Waals surface area contributed by atoms with Gasteiger partial charge in [0.25, 0.3) is 0 Å². The third-order valence-electron chi connectivity index (χ3n) is 0.204. The molecular formula is C4H7Cl. The molecule has 0 amide bonds. The summed E-state index contributed by atoms with van der Waals surface area (Å²) >= 11 is 0. The van der Waals surface area contributed by atoms with Crippen LogP contribution < -0.4 is 0 Å². The van der Waals surface area contributed by atoms with E-state index in [0.29, 0.717) is 0 Å². The van der Waals surface area contributed by atoms with Gasteiger partial charge in [-0.2, -0.15) is 0 Å². The highest BCUT2D eigenvalue weighted by atomic mass is 35.5. The monoisotopic (exact) mass is 90.0 g/mol. The predicted octanol–water partition coefficient (Wildman–Crippen LogP) is 1.45. The number of halogens is 1. The Kier molecular flexibility index (Phi) is 16.2. The molecule has 0 aromatic rings. The molecule has 0 spiro atoms. The first kappa shape index (κ1) is 8.85. The summed E-state index contributed by atoms with van der Waals surface area (Å²) in [5, 5.41) is 0. The SMILES string of the molecule is C#CCC.Cl. The van der Waals surface area contributed by atoms with E-state index in [-0.39, 0.29) is 12.4 Å². The maximum Gasteiger partial charge on any atom is 0.00576 e. The van der Waals surface area contributed by atoms with Crippen LogP contribution in [0, 0.1) is 12.3 Å². The number of hydrogen-bond donors (Lipinski definition) is 0. The van der Waals surface area contributed by atoms with E-state index in [1.54, 1.807) is 0 Å². The summed E-state index contributed by atoms with van der Waals surface area (Å²) < 4.78 is 0. The van der Waals surface area contributed by atoms with Crippen LogP contribution in [0.15, 0.2) is 0 Å². The normalized spacial score (nSPS) is 4.00. The van der Waals surface area contributed by atoms with Crippen LogP contribution in [0.5, 0.6) is 0 Å². The highest BCUT2D eigenvalue weighted by Gasteiger charge is 1.43. The topological polar surface area (TPSA) is 0 Å². The Hall–Kier alpha value is -0.150. The molecule has 0 aromatic carbocycles. The molecule has 0 aliphatic carbocycles. The molecule has 0 radical (unpaired) electrons. The highest BCUT2D eigenvalue weighted by molar-refractivity contribution is 5.85. The van der Waals surface area contributed by atoms with E-state index < -0.39 is 0 Å². The molecule has 0 aliphatic rings. The summed E-state index contributed by atoms with van der Waals surface area (Å²) in [6.07, 6.45) is 5.62. The van der Waals surface area contributed by atoms with Crippen LogP contribution in [0.25, 0.3) is 0 Å². The van der Waals surface area contributed by atoms with Crippen LogP contribution >= 0.6 is 12.4 Å². The molecule has 1 heteroatoms. The average Bonchev–Trinajstić information content (AvgIpc) is 1.37. The van der Waals surface area contributed by atoms with Crippen molar-refractivity contribution in [3.05, 3.63) is 0 Å². The zero-order chi connectivity index (χ0) is 3.41. The quantitative estimate of drug-likeness (QED) is 0.395. The van der Waals surface area contributed by atoms with Crippen LogP contribution in [0.2, 0.25) is 0 Å². The van der Waals surface area contributed by atoms with Gasteiger partial charge in [-0.15, -0.1) is 24.8 Å². The molecule has 0 saturated carbocycles. The van der Waals surface area contributed by atoms with Crippen LogP contribution in [0.4, 0.5) is 0 Å². The minimum atomic E-state index is 0. The maximum absolute atomic E-state index is 4.78. The lowest BCUT2D eigenvalue weighted by atomic mass is 10.5. The van der Waals surface area contributed by atoms with Gasteiger partial charge in [-0.25, -0.2) is 0 Å². The van der Waals surface area contributed by atoms with Crippen molar-refractivity contribution in [2.24, 2.45) is 0 Å². The Morgan fingerprint density at radius 1 is 1.80 bits per heavy atom. The molecule has 0 unspecified atom stereocenters. The summed E-state index contributed by atoms with van der Waals surface area (Å²) in [6, 6.07) is 0. The van der Waals surface area contributed by atoms with E-state index in [4.69, 9.17) is 6.42 Å².